The number of carbonyl (C=O) groups is 1. The topological polar surface area (TPSA) is 122 Å². The fourth-order valence-electron chi connectivity index (χ4n) is 3.65. The van der Waals surface area contributed by atoms with Crippen molar-refractivity contribution in [3.63, 3.8) is 0 Å². The second kappa shape index (κ2) is 7.42. The van der Waals surface area contributed by atoms with Gasteiger partial charge in [-0.25, -0.2) is 4.98 Å². The number of aromatic nitrogens is 2. The Labute approximate surface area is 172 Å². The summed E-state index contributed by atoms with van der Waals surface area (Å²) < 4.78 is 5.67. The van der Waals surface area contributed by atoms with Crippen LogP contribution in [0.3, 0.4) is 0 Å². The zero-order valence-electron chi connectivity index (χ0n) is 16.2. The van der Waals surface area contributed by atoms with Crippen molar-refractivity contribution in [2.24, 2.45) is 0 Å². The van der Waals surface area contributed by atoms with Gasteiger partial charge in [-0.15, -0.1) is 0 Å². The number of nitrogens with zero attached hydrogens (tertiary/aromatic N) is 2. The third-order valence-electron chi connectivity index (χ3n) is 5.39. The van der Waals surface area contributed by atoms with Crippen molar-refractivity contribution >= 4 is 34.0 Å². The van der Waals surface area contributed by atoms with E-state index in [0.717, 1.165) is 49.1 Å². The standard InChI is InChI=1S/C21H21N5O4/c27-21(12-3-7-16(22-13-4-5-13)18(10-12)26(28)29)23-14-6-8-15-17(11-14)25-20(24-15)19-2-1-9-30-19/h3,6-8,10-11,13,19,22H,1-2,4-5,9H2,(H,23,27)(H,24,25). The van der Waals surface area contributed by atoms with Crippen LogP contribution in [-0.4, -0.2) is 33.4 Å². The maximum Gasteiger partial charge on any atom is 0.293 e. The summed E-state index contributed by atoms with van der Waals surface area (Å²) in [4.78, 5) is 31.5. The quantitative estimate of drug-likeness (QED) is 0.417. The molecule has 9 heteroatoms. The molecule has 0 bridgehead atoms. The molecule has 0 radical (unpaired) electrons. The zero-order chi connectivity index (χ0) is 20.7. The zero-order valence-corrected chi connectivity index (χ0v) is 16.2. The van der Waals surface area contributed by atoms with E-state index < -0.39 is 10.8 Å². The molecule has 1 saturated carbocycles. The minimum absolute atomic E-state index is 0.0150. The molecule has 1 aliphatic carbocycles. The number of ether oxygens (including phenoxy) is 1. The number of nitro benzene ring substituents is 1. The molecule has 154 valence electrons. The molecular formula is C21H21N5O4. The lowest BCUT2D eigenvalue weighted by Crippen LogP contribution is -2.13. The summed E-state index contributed by atoms with van der Waals surface area (Å²) in [5.74, 6) is 0.384. The number of imidazole rings is 1. The maximum absolute atomic E-state index is 12.7. The predicted octanol–water partition coefficient (Wildman–Crippen LogP) is 4.15. The maximum atomic E-state index is 12.7. The van der Waals surface area contributed by atoms with E-state index in [1.54, 1.807) is 24.3 Å². The number of nitrogens with one attached hydrogen (secondary N) is 3. The third-order valence-corrected chi connectivity index (χ3v) is 5.39. The molecule has 1 atom stereocenters. The van der Waals surface area contributed by atoms with Crippen LogP contribution in [0.2, 0.25) is 0 Å². The molecule has 2 aliphatic rings. The van der Waals surface area contributed by atoms with Gasteiger partial charge in [-0.05, 0) is 56.0 Å². The number of hydrogen-bond acceptors (Lipinski definition) is 6. The van der Waals surface area contributed by atoms with Gasteiger partial charge in [0.25, 0.3) is 11.6 Å². The highest BCUT2D eigenvalue weighted by atomic mass is 16.6. The highest BCUT2D eigenvalue weighted by Gasteiger charge is 2.26. The lowest BCUT2D eigenvalue weighted by Gasteiger charge is -2.09. The van der Waals surface area contributed by atoms with Crippen LogP contribution in [0.15, 0.2) is 36.4 Å². The summed E-state index contributed by atoms with van der Waals surface area (Å²) in [5.41, 5.74) is 2.75. The summed E-state index contributed by atoms with van der Waals surface area (Å²) in [6.45, 7) is 0.740. The SMILES string of the molecule is O=C(Nc1ccc2nc(C3CCCO3)[nH]c2c1)c1ccc(NC2CC2)c([N+](=O)[O-])c1. The number of anilines is 2. The Morgan fingerprint density at radius 1 is 1.20 bits per heavy atom. The molecule has 30 heavy (non-hydrogen) atoms. The first kappa shape index (κ1) is 18.6. The third kappa shape index (κ3) is 3.71. The Kier molecular flexibility index (Phi) is 4.59. The number of benzene rings is 2. The first-order chi connectivity index (χ1) is 14.6. The predicted molar refractivity (Wildman–Crippen MR) is 112 cm³/mol. The van der Waals surface area contributed by atoms with Crippen LogP contribution < -0.4 is 10.6 Å². The first-order valence-electron chi connectivity index (χ1n) is 10.0. The molecule has 2 fully saturated rings. The van der Waals surface area contributed by atoms with Crippen LogP contribution in [0.4, 0.5) is 17.1 Å². The smallest absolute Gasteiger partial charge is 0.293 e. The van der Waals surface area contributed by atoms with E-state index in [4.69, 9.17) is 4.74 Å². The van der Waals surface area contributed by atoms with Gasteiger partial charge in [0.05, 0.1) is 16.0 Å². The van der Waals surface area contributed by atoms with E-state index in [-0.39, 0.29) is 23.4 Å². The lowest BCUT2D eigenvalue weighted by atomic mass is 10.1. The fourth-order valence-corrected chi connectivity index (χ4v) is 3.65. The van der Waals surface area contributed by atoms with Gasteiger partial charge in [0, 0.05) is 30.0 Å². The van der Waals surface area contributed by atoms with Gasteiger partial charge in [-0.1, -0.05) is 0 Å². The monoisotopic (exact) mass is 407 g/mol. The second-order valence-electron chi connectivity index (χ2n) is 7.72. The van der Waals surface area contributed by atoms with Crippen LogP contribution in [0.1, 0.15) is 48.0 Å². The van der Waals surface area contributed by atoms with Crippen LogP contribution in [-0.2, 0) is 4.74 Å². The molecular weight excluding hydrogens is 386 g/mol. The van der Waals surface area contributed by atoms with Gasteiger partial charge in [0.1, 0.15) is 17.6 Å². The van der Waals surface area contributed by atoms with Gasteiger partial charge >= 0.3 is 0 Å². The summed E-state index contributed by atoms with van der Waals surface area (Å²) in [6.07, 6.45) is 3.95. The number of rotatable bonds is 6. The van der Waals surface area contributed by atoms with Crippen molar-refractivity contribution in [2.75, 3.05) is 17.2 Å². The number of aromatic amines is 1. The van der Waals surface area contributed by atoms with Crippen molar-refractivity contribution < 1.29 is 14.5 Å². The van der Waals surface area contributed by atoms with Crippen molar-refractivity contribution in [3.8, 4) is 0 Å². The second-order valence-corrected chi connectivity index (χ2v) is 7.72. The molecule has 3 aromatic rings. The van der Waals surface area contributed by atoms with Crippen molar-refractivity contribution in [3.05, 3.63) is 57.9 Å². The molecule has 9 nitrogen and oxygen atoms in total. The fraction of sp³-hybridized carbons (Fsp3) is 0.333. The van der Waals surface area contributed by atoms with Crippen LogP contribution >= 0.6 is 0 Å². The highest BCUT2D eigenvalue weighted by molar-refractivity contribution is 6.05. The Morgan fingerprint density at radius 3 is 2.80 bits per heavy atom. The molecule has 1 amide bonds. The Morgan fingerprint density at radius 2 is 2.07 bits per heavy atom. The van der Waals surface area contributed by atoms with Crippen molar-refractivity contribution in [2.45, 2.75) is 37.8 Å². The minimum atomic E-state index is -0.467. The molecule has 1 unspecified atom stereocenters. The van der Waals surface area contributed by atoms with E-state index in [1.165, 1.54) is 6.07 Å². The van der Waals surface area contributed by atoms with E-state index in [9.17, 15) is 14.9 Å². The Hall–Kier alpha value is -3.46. The molecule has 0 spiro atoms. The number of amides is 1. The largest absolute Gasteiger partial charge is 0.377 e. The summed E-state index contributed by atoms with van der Waals surface area (Å²) in [7, 11) is 0. The molecule has 1 aliphatic heterocycles. The summed E-state index contributed by atoms with van der Waals surface area (Å²) in [5, 5.41) is 17.4. The molecule has 3 N–H and O–H groups in total. The molecule has 1 aromatic heterocycles. The van der Waals surface area contributed by atoms with Crippen molar-refractivity contribution in [1.82, 2.24) is 9.97 Å². The van der Waals surface area contributed by atoms with Gasteiger partial charge in [0.15, 0.2) is 0 Å². The Bertz CT molecular complexity index is 1130. The molecule has 1 saturated heterocycles. The average Bonchev–Trinajstić information content (AvgIpc) is 3.21. The number of carbonyl (C=O) groups excluding carboxylic acids is 1. The van der Waals surface area contributed by atoms with Gasteiger partial charge in [-0.3, -0.25) is 14.9 Å². The number of hydrogen-bond donors (Lipinski definition) is 3. The molecule has 2 aromatic carbocycles. The summed E-state index contributed by atoms with van der Waals surface area (Å²) in [6, 6.07) is 10.2. The van der Waals surface area contributed by atoms with Gasteiger partial charge < -0.3 is 20.4 Å². The van der Waals surface area contributed by atoms with E-state index in [2.05, 4.69) is 20.6 Å². The minimum Gasteiger partial charge on any atom is -0.377 e. The normalized spacial score (nSPS) is 18.5. The number of H-pyrrole nitrogens is 1. The van der Waals surface area contributed by atoms with E-state index in [1.807, 2.05) is 6.07 Å². The van der Waals surface area contributed by atoms with E-state index in [0.29, 0.717) is 11.4 Å². The van der Waals surface area contributed by atoms with Crippen LogP contribution in [0, 0.1) is 10.1 Å². The highest BCUT2D eigenvalue weighted by Crippen LogP contribution is 2.32. The van der Waals surface area contributed by atoms with Crippen LogP contribution in [0.5, 0.6) is 0 Å². The van der Waals surface area contributed by atoms with Gasteiger partial charge in [0.2, 0.25) is 0 Å². The molecule has 2 heterocycles. The van der Waals surface area contributed by atoms with E-state index >= 15 is 0 Å². The van der Waals surface area contributed by atoms with Crippen LogP contribution in [0.25, 0.3) is 11.0 Å². The van der Waals surface area contributed by atoms with Crippen molar-refractivity contribution in [1.29, 1.82) is 0 Å². The summed E-state index contributed by atoms with van der Waals surface area (Å²) >= 11 is 0. The van der Waals surface area contributed by atoms with Gasteiger partial charge in [-0.2, -0.15) is 0 Å². The molecule has 5 rings (SSSR count). The first-order valence-corrected chi connectivity index (χ1v) is 10.0. The number of nitro groups is 1. The number of fused-ring (bicyclic) bond motifs is 1. The average molecular weight is 407 g/mol. The lowest BCUT2D eigenvalue weighted by molar-refractivity contribution is -0.384. The Balaban J connectivity index is 1.35.